The van der Waals surface area contributed by atoms with Crippen LogP contribution in [0.4, 0.5) is 5.95 Å². The van der Waals surface area contributed by atoms with Crippen molar-refractivity contribution in [2.24, 2.45) is 5.92 Å². The Morgan fingerprint density at radius 1 is 1.24 bits per heavy atom. The molecule has 1 fully saturated rings. The van der Waals surface area contributed by atoms with Gasteiger partial charge in [0.15, 0.2) is 0 Å². The number of hydrogen-bond donors (Lipinski definition) is 1. The van der Waals surface area contributed by atoms with Crippen molar-refractivity contribution < 1.29 is 4.74 Å². The Hall–Kier alpha value is -3.13. The van der Waals surface area contributed by atoms with Gasteiger partial charge < -0.3 is 9.64 Å². The maximum atomic E-state index is 12.8. The zero-order valence-electron chi connectivity index (χ0n) is 19.5. The Labute approximate surface area is 194 Å². The van der Waals surface area contributed by atoms with Crippen molar-refractivity contribution in [2.75, 3.05) is 31.6 Å². The van der Waals surface area contributed by atoms with Crippen LogP contribution in [-0.2, 0) is 26.1 Å². The molecule has 0 unspecified atom stereocenters. The van der Waals surface area contributed by atoms with Crippen LogP contribution in [-0.4, -0.2) is 51.4 Å². The first kappa shape index (κ1) is 21.7. The molecule has 3 aromatic rings. The van der Waals surface area contributed by atoms with Gasteiger partial charge in [0.25, 0.3) is 5.56 Å². The van der Waals surface area contributed by atoms with Crippen molar-refractivity contribution in [1.29, 1.82) is 0 Å². The molecule has 0 bridgehead atoms. The maximum absolute atomic E-state index is 12.8. The SMILES string of the molecule is COc1ccc(CN2CCc3c(nc(N4CCC[C@@H](C)C4)[nH]c3=O)C2)cc1Cn1cccn1. The first-order valence-corrected chi connectivity index (χ1v) is 11.8. The quantitative estimate of drug-likeness (QED) is 0.625. The van der Waals surface area contributed by atoms with Crippen molar-refractivity contribution in [3.05, 3.63) is 69.4 Å². The van der Waals surface area contributed by atoms with E-state index in [1.165, 1.54) is 12.0 Å². The number of methoxy groups -OCH3 is 1. The van der Waals surface area contributed by atoms with Crippen molar-refractivity contribution >= 4 is 5.95 Å². The number of aromatic nitrogens is 4. The van der Waals surface area contributed by atoms with Crippen LogP contribution >= 0.6 is 0 Å². The first-order chi connectivity index (χ1) is 16.1. The van der Waals surface area contributed by atoms with Gasteiger partial charge in [-0.3, -0.25) is 19.4 Å². The monoisotopic (exact) mass is 448 g/mol. The van der Waals surface area contributed by atoms with Crippen LogP contribution in [0.25, 0.3) is 0 Å². The van der Waals surface area contributed by atoms with E-state index in [1.54, 1.807) is 13.3 Å². The van der Waals surface area contributed by atoms with Gasteiger partial charge in [0.1, 0.15) is 5.75 Å². The highest BCUT2D eigenvalue weighted by Crippen LogP contribution is 2.25. The van der Waals surface area contributed by atoms with Gasteiger partial charge in [-0.05, 0) is 48.9 Å². The summed E-state index contributed by atoms with van der Waals surface area (Å²) in [5.41, 5.74) is 4.11. The van der Waals surface area contributed by atoms with Crippen LogP contribution in [0, 0.1) is 5.92 Å². The number of nitrogens with one attached hydrogen (secondary N) is 1. The third-order valence-electron chi connectivity index (χ3n) is 6.74. The number of fused-ring (bicyclic) bond motifs is 1. The standard InChI is InChI=1S/C25H32N6O2/c1-18-5-3-10-30(14-18)25-27-22-17-29(12-8-21(22)24(32)28-25)15-19-6-7-23(33-2)20(13-19)16-31-11-4-9-26-31/h4,6-7,9,11,13,18H,3,5,8,10,12,14-17H2,1-2H3,(H,27,28,32)/t18-/m1/s1. The lowest BCUT2D eigenvalue weighted by molar-refractivity contribution is 0.240. The maximum Gasteiger partial charge on any atom is 0.255 e. The van der Waals surface area contributed by atoms with Crippen LogP contribution in [0.5, 0.6) is 5.75 Å². The molecule has 5 rings (SSSR count). The summed E-state index contributed by atoms with van der Waals surface area (Å²) < 4.78 is 7.47. The predicted molar refractivity (Wildman–Crippen MR) is 128 cm³/mol. The van der Waals surface area contributed by atoms with Crippen molar-refractivity contribution in [3.63, 3.8) is 0 Å². The molecule has 2 aliphatic heterocycles. The second-order valence-electron chi connectivity index (χ2n) is 9.32. The summed E-state index contributed by atoms with van der Waals surface area (Å²) >= 11 is 0. The average Bonchev–Trinajstić information content (AvgIpc) is 3.32. The molecule has 1 atom stereocenters. The molecule has 1 aromatic carbocycles. The third-order valence-corrected chi connectivity index (χ3v) is 6.74. The van der Waals surface area contributed by atoms with Crippen LogP contribution in [0.15, 0.2) is 41.5 Å². The highest BCUT2D eigenvalue weighted by atomic mass is 16.5. The Bertz CT molecular complexity index is 1160. The van der Waals surface area contributed by atoms with Gasteiger partial charge >= 0.3 is 0 Å². The van der Waals surface area contributed by atoms with E-state index in [9.17, 15) is 4.79 Å². The number of hydrogen-bond acceptors (Lipinski definition) is 6. The predicted octanol–water partition coefficient (Wildman–Crippen LogP) is 2.82. The lowest BCUT2D eigenvalue weighted by Gasteiger charge is -2.33. The molecule has 1 N–H and O–H groups in total. The highest BCUT2D eigenvalue weighted by Gasteiger charge is 2.24. The molecule has 174 valence electrons. The minimum absolute atomic E-state index is 0.0267. The molecule has 0 spiro atoms. The summed E-state index contributed by atoms with van der Waals surface area (Å²) in [6.45, 7) is 7.19. The van der Waals surface area contributed by atoms with Gasteiger partial charge in [-0.1, -0.05) is 13.0 Å². The normalized spacial score (nSPS) is 18.8. The van der Waals surface area contributed by atoms with E-state index in [0.29, 0.717) is 19.0 Å². The minimum atomic E-state index is 0.0267. The summed E-state index contributed by atoms with van der Waals surface area (Å²) in [4.78, 5) is 25.4. The zero-order chi connectivity index (χ0) is 22.8. The van der Waals surface area contributed by atoms with Gasteiger partial charge in [-0.25, -0.2) is 4.98 Å². The fraction of sp³-hybridized carbons (Fsp3) is 0.480. The first-order valence-electron chi connectivity index (χ1n) is 11.8. The molecular formula is C25H32N6O2. The fourth-order valence-corrected chi connectivity index (χ4v) is 5.03. The molecule has 33 heavy (non-hydrogen) atoms. The number of aromatic amines is 1. The van der Waals surface area contributed by atoms with E-state index in [-0.39, 0.29) is 5.56 Å². The summed E-state index contributed by atoms with van der Waals surface area (Å²) in [5.74, 6) is 2.23. The molecular weight excluding hydrogens is 416 g/mol. The van der Waals surface area contributed by atoms with Crippen LogP contribution in [0.3, 0.4) is 0 Å². The second kappa shape index (κ2) is 9.39. The van der Waals surface area contributed by atoms with E-state index < -0.39 is 0 Å². The van der Waals surface area contributed by atoms with Crippen LogP contribution in [0.2, 0.25) is 0 Å². The lowest BCUT2D eigenvalue weighted by atomic mass is 10.0. The number of benzene rings is 1. The number of piperidine rings is 1. The molecule has 2 aliphatic rings. The van der Waals surface area contributed by atoms with E-state index in [1.807, 2.05) is 23.0 Å². The molecule has 8 nitrogen and oxygen atoms in total. The number of H-pyrrole nitrogens is 1. The largest absolute Gasteiger partial charge is 0.496 e. The Morgan fingerprint density at radius 3 is 2.94 bits per heavy atom. The molecule has 0 radical (unpaired) electrons. The highest BCUT2D eigenvalue weighted by molar-refractivity contribution is 5.38. The van der Waals surface area contributed by atoms with E-state index in [0.717, 1.165) is 67.5 Å². The third kappa shape index (κ3) is 4.80. The van der Waals surface area contributed by atoms with E-state index in [4.69, 9.17) is 9.72 Å². The summed E-state index contributed by atoms with van der Waals surface area (Å²) in [6, 6.07) is 8.27. The number of ether oxygens (including phenoxy) is 1. The molecule has 2 aromatic heterocycles. The van der Waals surface area contributed by atoms with Gasteiger partial charge in [0, 0.05) is 56.2 Å². The van der Waals surface area contributed by atoms with Crippen LogP contribution < -0.4 is 15.2 Å². The Kier molecular flexibility index (Phi) is 6.17. The summed E-state index contributed by atoms with van der Waals surface area (Å²) in [5, 5.41) is 4.32. The van der Waals surface area contributed by atoms with E-state index >= 15 is 0 Å². The topological polar surface area (TPSA) is 79.3 Å². The molecule has 4 heterocycles. The Morgan fingerprint density at radius 2 is 2.15 bits per heavy atom. The molecule has 8 heteroatoms. The van der Waals surface area contributed by atoms with Gasteiger partial charge in [0.05, 0.1) is 19.3 Å². The minimum Gasteiger partial charge on any atom is -0.496 e. The summed E-state index contributed by atoms with van der Waals surface area (Å²) in [7, 11) is 1.70. The molecule has 1 saturated heterocycles. The second-order valence-corrected chi connectivity index (χ2v) is 9.32. The lowest BCUT2D eigenvalue weighted by Crippen LogP contribution is -2.39. The van der Waals surface area contributed by atoms with Crippen molar-refractivity contribution in [2.45, 2.75) is 45.8 Å². The van der Waals surface area contributed by atoms with Crippen LogP contribution in [0.1, 0.15) is 42.1 Å². The van der Waals surface area contributed by atoms with Gasteiger partial charge in [0.2, 0.25) is 5.95 Å². The van der Waals surface area contributed by atoms with Crippen molar-refractivity contribution in [1.82, 2.24) is 24.6 Å². The van der Waals surface area contributed by atoms with Crippen molar-refractivity contribution in [3.8, 4) is 5.75 Å². The number of rotatable bonds is 6. The van der Waals surface area contributed by atoms with Gasteiger partial charge in [-0.15, -0.1) is 0 Å². The molecule has 0 saturated carbocycles. The molecule has 0 amide bonds. The Balaban J connectivity index is 1.33. The zero-order valence-corrected chi connectivity index (χ0v) is 19.5. The number of anilines is 1. The summed E-state index contributed by atoms with van der Waals surface area (Å²) in [6.07, 6.45) is 6.85. The van der Waals surface area contributed by atoms with E-state index in [2.05, 4.69) is 38.9 Å². The number of nitrogens with zero attached hydrogens (tertiary/aromatic N) is 5. The average molecular weight is 449 g/mol. The van der Waals surface area contributed by atoms with Gasteiger partial charge in [-0.2, -0.15) is 5.10 Å². The smallest absolute Gasteiger partial charge is 0.255 e. The fourth-order valence-electron chi connectivity index (χ4n) is 5.03. The molecule has 0 aliphatic carbocycles.